The van der Waals surface area contributed by atoms with Gasteiger partial charge in [-0.3, -0.25) is 4.79 Å². The summed E-state index contributed by atoms with van der Waals surface area (Å²) in [5, 5.41) is 0. The van der Waals surface area contributed by atoms with Crippen molar-refractivity contribution in [2.24, 2.45) is 11.3 Å². The SMILES string of the molecule is CCCCCC(C)(C)CC(=O)OC(C(=O)OCC)C(C)C. The highest BCUT2D eigenvalue weighted by Gasteiger charge is 2.30. The van der Waals surface area contributed by atoms with Crippen LogP contribution in [0.2, 0.25) is 0 Å². The highest BCUT2D eigenvalue weighted by atomic mass is 16.6. The van der Waals surface area contributed by atoms with E-state index in [9.17, 15) is 9.59 Å². The lowest BCUT2D eigenvalue weighted by Gasteiger charge is -2.25. The van der Waals surface area contributed by atoms with Crippen LogP contribution in [-0.2, 0) is 19.1 Å². The molecular formula is C17H32O4. The molecule has 0 rings (SSSR count). The molecule has 0 saturated carbocycles. The monoisotopic (exact) mass is 300 g/mol. The minimum atomic E-state index is -0.802. The predicted molar refractivity (Wildman–Crippen MR) is 83.9 cm³/mol. The second-order valence-corrected chi connectivity index (χ2v) is 6.70. The molecule has 0 N–H and O–H groups in total. The molecule has 0 spiro atoms. The zero-order valence-corrected chi connectivity index (χ0v) is 14.5. The molecule has 0 aliphatic rings. The van der Waals surface area contributed by atoms with Gasteiger partial charge in [0.1, 0.15) is 0 Å². The first-order valence-electron chi connectivity index (χ1n) is 8.09. The van der Waals surface area contributed by atoms with Crippen molar-refractivity contribution < 1.29 is 19.1 Å². The van der Waals surface area contributed by atoms with Crippen LogP contribution in [0.1, 0.15) is 73.6 Å². The number of unbranched alkanes of at least 4 members (excludes halogenated alkanes) is 2. The average Bonchev–Trinajstić information content (AvgIpc) is 2.35. The molecule has 0 fully saturated rings. The third-order valence-electron chi connectivity index (χ3n) is 3.46. The van der Waals surface area contributed by atoms with Crippen molar-refractivity contribution in [3.05, 3.63) is 0 Å². The molecule has 124 valence electrons. The maximum absolute atomic E-state index is 12.1. The number of rotatable bonds is 10. The van der Waals surface area contributed by atoms with E-state index < -0.39 is 12.1 Å². The van der Waals surface area contributed by atoms with Crippen molar-refractivity contribution in [2.45, 2.75) is 79.8 Å². The van der Waals surface area contributed by atoms with E-state index in [-0.39, 0.29) is 17.3 Å². The molecule has 21 heavy (non-hydrogen) atoms. The molecule has 0 bridgehead atoms. The van der Waals surface area contributed by atoms with Crippen LogP contribution < -0.4 is 0 Å². The summed E-state index contributed by atoms with van der Waals surface area (Å²) in [6, 6.07) is 0. The first kappa shape index (κ1) is 19.9. The van der Waals surface area contributed by atoms with Crippen molar-refractivity contribution in [1.29, 1.82) is 0 Å². The van der Waals surface area contributed by atoms with Crippen molar-refractivity contribution in [3.63, 3.8) is 0 Å². The maximum Gasteiger partial charge on any atom is 0.347 e. The van der Waals surface area contributed by atoms with Crippen molar-refractivity contribution in [2.75, 3.05) is 6.61 Å². The quantitative estimate of drug-likeness (QED) is 0.450. The Morgan fingerprint density at radius 3 is 2.19 bits per heavy atom. The molecule has 4 nitrogen and oxygen atoms in total. The van der Waals surface area contributed by atoms with E-state index in [1.807, 2.05) is 13.8 Å². The summed E-state index contributed by atoms with van der Waals surface area (Å²) in [5.74, 6) is -0.857. The van der Waals surface area contributed by atoms with Crippen LogP contribution in [0.15, 0.2) is 0 Å². The van der Waals surface area contributed by atoms with Crippen LogP contribution in [0, 0.1) is 11.3 Å². The van der Waals surface area contributed by atoms with Crippen LogP contribution in [0.4, 0.5) is 0 Å². The van der Waals surface area contributed by atoms with Crippen LogP contribution >= 0.6 is 0 Å². The lowest BCUT2D eigenvalue weighted by molar-refractivity contribution is -0.172. The van der Waals surface area contributed by atoms with Gasteiger partial charge in [-0.1, -0.05) is 53.9 Å². The van der Waals surface area contributed by atoms with Gasteiger partial charge >= 0.3 is 11.9 Å². The van der Waals surface area contributed by atoms with Gasteiger partial charge in [-0.25, -0.2) is 4.79 Å². The Balaban J connectivity index is 4.45. The van der Waals surface area contributed by atoms with Crippen molar-refractivity contribution in [3.8, 4) is 0 Å². The summed E-state index contributed by atoms with van der Waals surface area (Å²) in [6.07, 6.45) is 3.97. The minimum Gasteiger partial charge on any atom is -0.463 e. The van der Waals surface area contributed by atoms with E-state index in [0.29, 0.717) is 13.0 Å². The Bertz CT molecular complexity index is 321. The molecule has 0 aromatic rings. The maximum atomic E-state index is 12.1. The van der Waals surface area contributed by atoms with E-state index in [0.717, 1.165) is 12.8 Å². The summed E-state index contributed by atoms with van der Waals surface area (Å²) < 4.78 is 10.3. The van der Waals surface area contributed by atoms with E-state index in [2.05, 4.69) is 20.8 Å². The number of esters is 2. The molecule has 0 aliphatic heterocycles. The van der Waals surface area contributed by atoms with Crippen LogP contribution in [0.3, 0.4) is 0 Å². The fourth-order valence-corrected chi connectivity index (χ4v) is 2.20. The van der Waals surface area contributed by atoms with Gasteiger partial charge in [0.05, 0.1) is 13.0 Å². The normalized spacial score (nSPS) is 13.1. The van der Waals surface area contributed by atoms with Gasteiger partial charge in [-0.05, 0) is 18.8 Å². The Morgan fingerprint density at radius 2 is 1.71 bits per heavy atom. The molecule has 0 radical (unpaired) electrons. The largest absolute Gasteiger partial charge is 0.463 e. The molecule has 0 amide bonds. The Labute approximate surface area is 129 Å². The average molecular weight is 300 g/mol. The summed E-state index contributed by atoms with van der Waals surface area (Å²) in [6.45, 7) is 12.0. The molecule has 0 aliphatic carbocycles. The molecule has 1 unspecified atom stereocenters. The van der Waals surface area contributed by atoms with Gasteiger partial charge in [-0.15, -0.1) is 0 Å². The first-order chi connectivity index (χ1) is 9.73. The molecule has 4 heteroatoms. The van der Waals surface area contributed by atoms with E-state index in [1.165, 1.54) is 12.8 Å². The van der Waals surface area contributed by atoms with Crippen molar-refractivity contribution >= 4 is 11.9 Å². The molecule has 0 heterocycles. The summed E-state index contributed by atoms with van der Waals surface area (Å²) >= 11 is 0. The van der Waals surface area contributed by atoms with Crippen LogP contribution in [0.25, 0.3) is 0 Å². The van der Waals surface area contributed by atoms with Gasteiger partial charge in [0, 0.05) is 5.92 Å². The van der Waals surface area contributed by atoms with Crippen LogP contribution in [-0.4, -0.2) is 24.6 Å². The van der Waals surface area contributed by atoms with E-state index in [1.54, 1.807) is 6.92 Å². The zero-order chi connectivity index (χ0) is 16.5. The van der Waals surface area contributed by atoms with Crippen LogP contribution in [0.5, 0.6) is 0 Å². The van der Waals surface area contributed by atoms with Gasteiger partial charge < -0.3 is 9.47 Å². The molecular weight excluding hydrogens is 268 g/mol. The topological polar surface area (TPSA) is 52.6 Å². The summed E-state index contributed by atoms with van der Waals surface area (Å²) in [5.41, 5.74) is -0.0948. The first-order valence-corrected chi connectivity index (χ1v) is 8.09. The third kappa shape index (κ3) is 8.74. The summed E-state index contributed by atoms with van der Waals surface area (Å²) in [4.78, 5) is 23.9. The summed E-state index contributed by atoms with van der Waals surface area (Å²) in [7, 11) is 0. The number of carbonyl (C=O) groups excluding carboxylic acids is 2. The van der Waals surface area contributed by atoms with E-state index in [4.69, 9.17) is 9.47 Å². The number of carbonyl (C=O) groups is 2. The Kier molecular flexibility index (Phi) is 9.31. The molecule has 0 saturated heterocycles. The number of hydrogen-bond acceptors (Lipinski definition) is 4. The molecule has 0 aromatic carbocycles. The second-order valence-electron chi connectivity index (χ2n) is 6.70. The highest BCUT2D eigenvalue weighted by Crippen LogP contribution is 2.28. The van der Waals surface area contributed by atoms with Gasteiger partial charge in [-0.2, -0.15) is 0 Å². The molecule has 1 atom stereocenters. The Morgan fingerprint density at radius 1 is 1.10 bits per heavy atom. The lowest BCUT2D eigenvalue weighted by atomic mass is 9.84. The fraction of sp³-hybridized carbons (Fsp3) is 0.882. The smallest absolute Gasteiger partial charge is 0.347 e. The second kappa shape index (κ2) is 9.80. The number of ether oxygens (including phenoxy) is 2. The molecule has 0 aromatic heterocycles. The predicted octanol–water partition coefficient (Wildman–Crippen LogP) is 4.11. The van der Waals surface area contributed by atoms with Crippen molar-refractivity contribution in [1.82, 2.24) is 0 Å². The Hall–Kier alpha value is -1.06. The third-order valence-corrected chi connectivity index (χ3v) is 3.46. The lowest BCUT2D eigenvalue weighted by Crippen LogP contribution is -2.35. The fourth-order valence-electron chi connectivity index (χ4n) is 2.20. The van der Waals surface area contributed by atoms with E-state index >= 15 is 0 Å². The minimum absolute atomic E-state index is 0.0868. The van der Waals surface area contributed by atoms with Gasteiger partial charge in [0.2, 0.25) is 6.10 Å². The van der Waals surface area contributed by atoms with Gasteiger partial charge in [0.25, 0.3) is 0 Å². The number of hydrogen-bond donors (Lipinski definition) is 0. The zero-order valence-electron chi connectivity index (χ0n) is 14.5. The standard InChI is InChI=1S/C17H32O4/c1-7-9-10-11-17(5,6)12-14(18)21-15(13(3)4)16(19)20-8-2/h13,15H,7-12H2,1-6H3. The highest BCUT2D eigenvalue weighted by molar-refractivity contribution is 5.79. The van der Waals surface area contributed by atoms with Gasteiger partial charge in [0.15, 0.2) is 0 Å².